The monoisotopic (exact) mass is 380 g/mol. The maximum atomic E-state index is 13.6. The average molecular weight is 381 g/mol. The quantitative estimate of drug-likeness (QED) is 0.825. The van der Waals surface area contributed by atoms with Gasteiger partial charge in [-0.2, -0.15) is 23.0 Å². The highest BCUT2D eigenvalue weighted by Gasteiger charge is 2.34. The van der Waals surface area contributed by atoms with E-state index in [1.165, 1.54) is 0 Å². The molecule has 25 heavy (non-hydrogen) atoms. The van der Waals surface area contributed by atoms with Crippen LogP contribution in [0, 0.1) is 12.7 Å². The summed E-state index contributed by atoms with van der Waals surface area (Å²) >= 11 is 5.78. The van der Waals surface area contributed by atoms with Crippen LogP contribution in [0.4, 0.5) is 17.6 Å². The van der Waals surface area contributed by atoms with Gasteiger partial charge in [-0.1, -0.05) is 11.6 Å². The molecule has 0 aliphatic heterocycles. The predicted molar refractivity (Wildman–Crippen MR) is 77.7 cm³/mol. The van der Waals surface area contributed by atoms with Gasteiger partial charge in [-0.05, 0) is 13.0 Å². The Bertz CT molecular complexity index is 896. The molecule has 0 spiro atoms. The third-order valence-electron chi connectivity index (χ3n) is 3.08. The summed E-state index contributed by atoms with van der Waals surface area (Å²) in [6, 6.07) is 1.54. The van der Waals surface area contributed by atoms with Crippen molar-refractivity contribution in [1.82, 2.24) is 9.78 Å². The molecule has 0 radical (unpaired) electrons. The lowest BCUT2D eigenvalue weighted by atomic mass is 10.2. The molecule has 2 rings (SSSR count). The van der Waals surface area contributed by atoms with E-state index < -0.39 is 52.7 Å². The molecule has 0 fully saturated rings. The highest BCUT2D eigenvalue weighted by Crippen LogP contribution is 2.33. The summed E-state index contributed by atoms with van der Waals surface area (Å²) in [6.45, 7) is 0.0642. The first kappa shape index (κ1) is 18.7. The van der Waals surface area contributed by atoms with E-state index in [1.54, 1.807) is 0 Å². The maximum absolute atomic E-state index is 13.6. The number of alkyl halides is 3. The first-order chi connectivity index (χ1) is 11.5. The van der Waals surface area contributed by atoms with E-state index >= 15 is 0 Å². The fourth-order valence-electron chi connectivity index (χ4n) is 1.98. The average Bonchev–Trinajstić information content (AvgIpc) is 2.46. The highest BCUT2D eigenvalue weighted by molar-refractivity contribution is 6.32. The van der Waals surface area contributed by atoms with Crippen LogP contribution in [0.2, 0.25) is 5.02 Å². The second-order valence-corrected chi connectivity index (χ2v) is 5.22. The van der Waals surface area contributed by atoms with E-state index in [-0.39, 0.29) is 5.02 Å². The van der Waals surface area contributed by atoms with Gasteiger partial charge in [0.15, 0.2) is 12.4 Å². The molecule has 1 N–H and O–H groups in total. The number of carboxylic acids is 1. The van der Waals surface area contributed by atoms with Crippen molar-refractivity contribution in [2.24, 2.45) is 0 Å². The Balaban J connectivity index is 2.68. The van der Waals surface area contributed by atoms with Crippen LogP contribution in [0.5, 0.6) is 5.75 Å². The number of benzene rings is 1. The summed E-state index contributed by atoms with van der Waals surface area (Å²) in [5.74, 6) is -2.71. The van der Waals surface area contributed by atoms with Gasteiger partial charge in [0.1, 0.15) is 11.5 Å². The number of aliphatic carboxylic acids is 1. The molecule has 0 bridgehead atoms. The predicted octanol–water partition coefficient (Wildman–Crippen LogP) is 2.82. The minimum atomic E-state index is -4.79. The molecule has 0 saturated heterocycles. The zero-order valence-electron chi connectivity index (χ0n) is 12.4. The molecular formula is C14H9ClF4N2O4. The van der Waals surface area contributed by atoms with Crippen LogP contribution >= 0.6 is 11.6 Å². The Morgan fingerprint density at radius 1 is 1.40 bits per heavy atom. The van der Waals surface area contributed by atoms with Crippen molar-refractivity contribution >= 4 is 17.6 Å². The van der Waals surface area contributed by atoms with Crippen LogP contribution in [0.25, 0.3) is 5.69 Å². The van der Waals surface area contributed by atoms with Crippen LogP contribution in [0.15, 0.2) is 23.1 Å². The van der Waals surface area contributed by atoms with Crippen LogP contribution in [-0.4, -0.2) is 27.5 Å². The second-order valence-electron chi connectivity index (χ2n) is 4.82. The van der Waals surface area contributed by atoms with Gasteiger partial charge in [-0.15, -0.1) is 0 Å². The van der Waals surface area contributed by atoms with E-state index in [1.807, 2.05) is 0 Å². The van der Waals surface area contributed by atoms with Crippen LogP contribution in [0.1, 0.15) is 11.1 Å². The normalized spacial score (nSPS) is 11.4. The Hall–Kier alpha value is -2.62. The van der Waals surface area contributed by atoms with Crippen molar-refractivity contribution in [1.29, 1.82) is 0 Å². The van der Waals surface area contributed by atoms with E-state index in [2.05, 4.69) is 5.10 Å². The van der Waals surface area contributed by atoms with Crippen molar-refractivity contribution in [3.63, 3.8) is 0 Å². The van der Waals surface area contributed by atoms with Gasteiger partial charge >= 0.3 is 12.1 Å². The van der Waals surface area contributed by atoms with Crippen molar-refractivity contribution in [3.05, 3.63) is 50.7 Å². The number of halogens is 5. The molecule has 6 nitrogen and oxygen atoms in total. The van der Waals surface area contributed by atoms with Crippen LogP contribution in [0.3, 0.4) is 0 Å². The summed E-state index contributed by atoms with van der Waals surface area (Å²) in [5.41, 5.74) is -3.53. The van der Waals surface area contributed by atoms with Gasteiger partial charge in [-0.3, -0.25) is 4.79 Å². The van der Waals surface area contributed by atoms with Gasteiger partial charge in [0.05, 0.1) is 16.8 Å². The topological polar surface area (TPSA) is 81.4 Å². The lowest BCUT2D eigenvalue weighted by molar-refractivity contribution is -0.139. The zero-order chi connectivity index (χ0) is 18.9. The van der Waals surface area contributed by atoms with Gasteiger partial charge < -0.3 is 9.84 Å². The molecule has 0 aliphatic rings. The van der Waals surface area contributed by atoms with Crippen molar-refractivity contribution in [2.75, 3.05) is 6.61 Å². The van der Waals surface area contributed by atoms with E-state index in [0.29, 0.717) is 10.9 Å². The van der Waals surface area contributed by atoms with E-state index in [4.69, 9.17) is 21.4 Å². The second kappa shape index (κ2) is 6.71. The molecule has 0 atom stereocenters. The Morgan fingerprint density at radius 2 is 2.04 bits per heavy atom. The lowest BCUT2D eigenvalue weighted by Gasteiger charge is -2.15. The number of nitrogens with zero attached hydrogens (tertiary/aromatic N) is 2. The third-order valence-corrected chi connectivity index (χ3v) is 3.36. The number of hydrogen-bond acceptors (Lipinski definition) is 4. The molecule has 0 amide bonds. The smallest absolute Gasteiger partial charge is 0.418 e. The zero-order valence-corrected chi connectivity index (χ0v) is 13.2. The number of carboxylic acid groups (broad SMARTS) is 1. The van der Waals surface area contributed by atoms with Crippen LogP contribution in [-0.2, 0) is 11.0 Å². The number of aromatic nitrogens is 2. The molecule has 0 aliphatic carbocycles. The number of rotatable bonds is 4. The van der Waals surface area contributed by atoms with E-state index in [0.717, 1.165) is 19.1 Å². The molecule has 0 saturated carbocycles. The Labute approximate surface area is 142 Å². The lowest BCUT2D eigenvalue weighted by Crippen LogP contribution is -2.28. The first-order valence-corrected chi connectivity index (χ1v) is 6.90. The maximum Gasteiger partial charge on any atom is 0.418 e. The SMILES string of the molecule is Cc1c(C(F)(F)F)cnn(-c2cc(F)cc(Cl)c2OCC(=O)O)c1=O. The van der Waals surface area contributed by atoms with Gasteiger partial charge in [0.2, 0.25) is 0 Å². The molecule has 1 heterocycles. The summed E-state index contributed by atoms with van der Waals surface area (Å²) < 4.78 is 57.4. The largest absolute Gasteiger partial charge is 0.479 e. The Morgan fingerprint density at radius 3 is 2.60 bits per heavy atom. The highest BCUT2D eigenvalue weighted by atomic mass is 35.5. The van der Waals surface area contributed by atoms with Crippen molar-refractivity contribution in [2.45, 2.75) is 13.1 Å². The molecular weight excluding hydrogens is 372 g/mol. The number of carbonyl (C=O) groups is 1. The van der Waals surface area contributed by atoms with E-state index in [9.17, 15) is 27.2 Å². The van der Waals surface area contributed by atoms with Crippen molar-refractivity contribution in [3.8, 4) is 11.4 Å². The molecule has 2 aromatic rings. The molecule has 1 aromatic carbocycles. The standard InChI is InChI=1S/C14H9ClF4N2O4/c1-6-8(14(17,18)19)4-20-21(13(6)24)10-3-7(16)2-9(15)12(10)25-5-11(22)23/h2-4H,5H2,1H3,(H,22,23). The van der Waals surface area contributed by atoms with Crippen molar-refractivity contribution < 1.29 is 32.2 Å². The molecule has 134 valence electrons. The van der Waals surface area contributed by atoms with Gasteiger partial charge in [0.25, 0.3) is 5.56 Å². The first-order valence-electron chi connectivity index (χ1n) is 6.52. The summed E-state index contributed by atoms with van der Waals surface area (Å²) in [6.07, 6.45) is -4.39. The molecule has 1 aromatic heterocycles. The summed E-state index contributed by atoms with van der Waals surface area (Å²) in [4.78, 5) is 22.8. The minimum Gasteiger partial charge on any atom is -0.479 e. The number of hydrogen-bond donors (Lipinski definition) is 1. The summed E-state index contributed by atoms with van der Waals surface area (Å²) in [5, 5.41) is 11.7. The molecule has 11 heteroatoms. The van der Waals surface area contributed by atoms with Gasteiger partial charge in [0, 0.05) is 11.6 Å². The fourth-order valence-corrected chi connectivity index (χ4v) is 2.23. The number of ether oxygens (including phenoxy) is 1. The Kier molecular flexibility index (Phi) is 5.02. The third kappa shape index (κ3) is 3.90. The summed E-state index contributed by atoms with van der Waals surface area (Å²) in [7, 11) is 0. The fraction of sp³-hybridized carbons (Fsp3) is 0.214. The van der Waals surface area contributed by atoms with Crippen LogP contribution < -0.4 is 10.3 Å². The van der Waals surface area contributed by atoms with Gasteiger partial charge in [-0.25, -0.2) is 9.18 Å². The molecule has 0 unspecified atom stereocenters. The minimum absolute atomic E-state index is 0.373.